The van der Waals surface area contributed by atoms with E-state index in [1.54, 1.807) is 18.5 Å². The second-order valence-corrected chi connectivity index (χ2v) is 3.59. The topological polar surface area (TPSA) is 42.9 Å². The summed E-state index contributed by atoms with van der Waals surface area (Å²) in [6, 6.07) is 1.70. The Hall–Kier alpha value is -1.51. The predicted molar refractivity (Wildman–Crippen MR) is 59.6 cm³/mol. The van der Waals surface area contributed by atoms with E-state index >= 15 is 0 Å². The van der Waals surface area contributed by atoms with Gasteiger partial charge in [0.05, 0.1) is 0 Å². The molecule has 3 heteroatoms. The molecular weight excluding hydrogens is 188 g/mol. The Bertz CT molecular complexity index is 357. The van der Waals surface area contributed by atoms with E-state index in [0.29, 0.717) is 5.82 Å². The average Bonchev–Trinajstić information content (AvgIpc) is 2.29. The SMILES string of the molecule is CC/C(C)=C/C(C)C(=O)c1ncccn1. The molecule has 0 fully saturated rings. The molecule has 0 amide bonds. The number of ketones is 1. The zero-order valence-corrected chi connectivity index (χ0v) is 9.40. The maximum absolute atomic E-state index is 11.8. The van der Waals surface area contributed by atoms with E-state index in [1.165, 1.54) is 5.57 Å². The van der Waals surface area contributed by atoms with Gasteiger partial charge in [0, 0.05) is 18.3 Å². The lowest BCUT2D eigenvalue weighted by molar-refractivity contribution is 0.0942. The van der Waals surface area contributed by atoms with Crippen LogP contribution in [0.5, 0.6) is 0 Å². The van der Waals surface area contributed by atoms with Crippen LogP contribution in [0.15, 0.2) is 30.1 Å². The van der Waals surface area contributed by atoms with Crippen molar-refractivity contribution < 1.29 is 4.79 Å². The maximum Gasteiger partial charge on any atom is 0.206 e. The van der Waals surface area contributed by atoms with Crippen molar-refractivity contribution in [3.8, 4) is 0 Å². The van der Waals surface area contributed by atoms with Gasteiger partial charge in [-0.3, -0.25) is 4.79 Å². The quantitative estimate of drug-likeness (QED) is 0.559. The summed E-state index contributed by atoms with van der Waals surface area (Å²) in [7, 11) is 0. The van der Waals surface area contributed by atoms with E-state index in [-0.39, 0.29) is 11.7 Å². The molecule has 0 bridgehead atoms. The third-order valence-electron chi connectivity index (χ3n) is 2.29. The van der Waals surface area contributed by atoms with Crippen LogP contribution in [0.3, 0.4) is 0 Å². The zero-order valence-electron chi connectivity index (χ0n) is 9.40. The summed E-state index contributed by atoms with van der Waals surface area (Å²) in [5.41, 5.74) is 1.21. The first-order chi connectivity index (χ1) is 7.15. The number of Topliss-reactive ketones (excluding diaryl/α,β-unsaturated/α-hetero) is 1. The fourth-order valence-corrected chi connectivity index (χ4v) is 1.25. The predicted octanol–water partition coefficient (Wildman–Crippen LogP) is 2.65. The lowest BCUT2D eigenvalue weighted by Gasteiger charge is -2.05. The Morgan fingerprint density at radius 1 is 1.47 bits per heavy atom. The van der Waals surface area contributed by atoms with Crippen molar-refractivity contribution in [1.82, 2.24) is 9.97 Å². The number of carbonyl (C=O) groups excluding carboxylic acids is 1. The molecule has 0 saturated heterocycles. The van der Waals surface area contributed by atoms with E-state index in [9.17, 15) is 4.79 Å². The molecule has 0 radical (unpaired) electrons. The highest BCUT2D eigenvalue weighted by atomic mass is 16.1. The van der Waals surface area contributed by atoms with Gasteiger partial charge in [0.15, 0.2) is 5.82 Å². The van der Waals surface area contributed by atoms with Crippen LogP contribution in [0.25, 0.3) is 0 Å². The Balaban J connectivity index is 2.78. The number of aromatic nitrogens is 2. The standard InChI is InChI=1S/C12H16N2O/c1-4-9(2)8-10(3)11(15)12-13-6-5-7-14-12/h5-8,10H,4H2,1-3H3/b9-8+. The first-order valence-electron chi connectivity index (χ1n) is 5.13. The molecule has 15 heavy (non-hydrogen) atoms. The van der Waals surface area contributed by atoms with Crippen LogP contribution in [0, 0.1) is 5.92 Å². The van der Waals surface area contributed by atoms with E-state index in [0.717, 1.165) is 6.42 Å². The van der Waals surface area contributed by atoms with E-state index in [2.05, 4.69) is 16.9 Å². The van der Waals surface area contributed by atoms with Crippen molar-refractivity contribution >= 4 is 5.78 Å². The Morgan fingerprint density at radius 2 is 2.07 bits per heavy atom. The van der Waals surface area contributed by atoms with Crippen LogP contribution in [-0.2, 0) is 0 Å². The number of hydrogen-bond donors (Lipinski definition) is 0. The van der Waals surface area contributed by atoms with Crippen molar-refractivity contribution in [3.63, 3.8) is 0 Å². The summed E-state index contributed by atoms with van der Waals surface area (Å²) in [5, 5.41) is 0. The third-order valence-corrected chi connectivity index (χ3v) is 2.29. The molecule has 1 rings (SSSR count). The van der Waals surface area contributed by atoms with Gasteiger partial charge in [-0.1, -0.05) is 25.5 Å². The first kappa shape index (κ1) is 11.6. The molecule has 0 spiro atoms. The molecule has 3 nitrogen and oxygen atoms in total. The summed E-state index contributed by atoms with van der Waals surface area (Å²) in [6.07, 6.45) is 6.11. The van der Waals surface area contributed by atoms with Crippen molar-refractivity contribution in [1.29, 1.82) is 0 Å². The Labute approximate surface area is 90.3 Å². The van der Waals surface area contributed by atoms with Crippen LogP contribution >= 0.6 is 0 Å². The Kier molecular flexibility index (Phi) is 4.16. The molecule has 1 atom stereocenters. The van der Waals surface area contributed by atoms with Gasteiger partial charge in [0.1, 0.15) is 0 Å². The molecule has 0 saturated carbocycles. The molecule has 1 unspecified atom stereocenters. The lowest BCUT2D eigenvalue weighted by atomic mass is 10.0. The van der Waals surface area contributed by atoms with Gasteiger partial charge < -0.3 is 0 Å². The van der Waals surface area contributed by atoms with Crippen LogP contribution in [0.1, 0.15) is 37.8 Å². The smallest absolute Gasteiger partial charge is 0.206 e. The van der Waals surface area contributed by atoms with Crippen molar-refractivity contribution in [3.05, 3.63) is 35.9 Å². The van der Waals surface area contributed by atoms with Gasteiger partial charge >= 0.3 is 0 Å². The number of allylic oxidation sites excluding steroid dienone is 2. The van der Waals surface area contributed by atoms with Crippen LogP contribution in [0.4, 0.5) is 0 Å². The second kappa shape index (κ2) is 5.39. The number of carbonyl (C=O) groups is 1. The molecular formula is C12H16N2O. The monoisotopic (exact) mass is 204 g/mol. The van der Waals surface area contributed by atoms with Gasteiger partial charge in [-0.15, -0.1) is 0 Å². The molecule has 1 aromatic heterocycles. The van der Waals surface area contributed by atoms with Crippen molar-refractivity contribution in [2.75, 3.05) is 0 Å². The number of hydrogen-bond acceptors (Lipinski definition) is 3. The maximum atomic E-state index is 11.8. The van der Waals surface area contributed by atoms with E-state index < -0.39 is 0 Å². The highest BCUT2D eigenvalue weighted by Gasteiger charge is 2.14. The normalized spacial score (nSPS) is 13.7. The fraction of sp³-hybridized carbons (Fsp3) is 0.417. The molecule has 1 aromatic rings. The first-order valence-corrected chi connectivity index (χ1v) is 5.13. The second-order valence-electron chi connectivity index (χ2n) is 3.59. The minimum atomic E-state index is -0.146. The minimum Gasteiger partial charge on any atom is -0.290 e. The van der Waals surface area contributed by atoms with Crippen molar-refractivity contribution in [2.45, 2.75) is 27.2 Å². The minimum absolute atomic E-state index is 0.0246. The summed E-state index contributed by atoms with van der Waals surface area (Å²) in [4.78, 5) is 19.7. The van der Waals surface area contributed by atoms with E-state index in [1.807, 2.05) is 19.9 Å². The van der Waals surface area contributed by atoms with Crippen LogP contribution < -0.4 is 0 Å². The summed E-state index contributed by atoms with van der Waals surface area (Å²) < 4.78 is 0. The van der Waals surface area contributed by atoms with Gasteiger partial charge in [0.25, 0.3) is 0 Å². The van der Waals surface area contributed by atoms with E-state index in [4.69, 9.17) is 0 Å². The lowest BCUT2D eigenvalue weighted by Crippen LogP contribution is -2.12. The van der Waals surface area contributed by atoms with Gasteiger partial charge in [-0.2, -0.15) is 0 Å². The molecule has 1 heterocycles. The highest BCUT2D eigenvalue weighted by molar-refractivity contribution is 5.95. The molecule has 0 aromatic carbocycles. The third kappa shape index (κ3) is 3.27. The van der Waals surface area contributed by atoms with Gasteiger partial charge in [0.2, 0.25) is 5.78 Å². The number of nitrogens with zero attached hydrogens (tertiary/aromatic N) is 2. The molecule has 0 aliphatic rings. The number of rotatable bonds is 4. The molecule has 0 N–H and O–H groups in total. The van der Waals surface area contributed by atoms with Crippen molar-refractivity contribution in [2.24, 2.45) is 5.92 Å². The summed E-state index contributed by atoms with van der Waals surface area (Å²) in [5.74, 6) is 0.126. The molecule has 0 aliphatic carbocycles. The summed E-state index contributed by atoms with van der Waals surface area (Å²) in [6.45, 7) is 5.97. The summed E-state index contributed by atoms with van der Waals surface area (Å²) >= 11 is 0. The fourth-order valence-electron chi connectivity index (χ4n) is 1.25. The molecule has 0 aliphatic heterocycles. The van der Waals surface area contributed by atoms with Gasteiger partial charge in [-0.25, -0.2) is 9.97 Å². The Morgan fingerprint density at radius 3 is 2.60 bits per heavy atom. The molecule has 80 valence electrons. The highest BCUT2D eigenvalue weighted by Crippen LogP contribution is 2.10. The van der Waals surface area contributed by atoms with Crippen LogP contribution in [0.2, 0.25) is 0 Å². The van der Waals surface area contributed by atoms with Gasteiger partial charge in [-0.05, 0) is 19.4 Å². The zero-order chi connectivity index (χ0) is 11.3. The average molecular weight is 204 g/mol. The largest absolute Gasteiger partial charge is 0.290 e. The van der Waals surface area contributed by atoms with Crippen LogP contribution in [-0.4, -0.2) is 15.8 Å².